The standard InChI is InChI=1S/C13H21NO2/c1-6-16-12-9(2)11(14-5)8-7-10(12)13(3,4)15/h7-8,14-15H,6H2,1-5H3. The molecule has 0 aliphatic carbocycles. The van der Waals surface area contributed by atoms with Gasteiger partial charge in [0.1, 0.15) is 5.75 Å². The molecule has 0 fully saturated rings. The smallest absolute Gasteiger partial charge is 0.130 e. The molecule has 1 rings (SSSR count). The van der Waals surface area contributed by atoms with E-state index in [9.17, 15) is 5.11 Å². The second kappa shape index (κ2) is 4.74. The molecule has 1 aromatic carbocycles. The number of nitrogens with one attached hydrogen (secondary N) is 1. The zero-order valence-corrected chi connectivity index (χ0v) is 10.7. The molecular formula is C13H21NO2. The van der Waals surface area contributed by atoms with Gasteiger partial charge in [0, 0.05) is 23.9 Å². The van der Waals surface area contributed by atoms with Gasteiger partial charge in [-0.1, -0.05) is 6.07 Å². The largest absolute Gasteiger partial charge is 0.493 e. The van der Waals surface area contributed by atoms with Gasteiger partial charge < -0.3 is 15.2 Å². The van der Waals surface area contributed by atoms with Gasteiger partial charge in [0.2, 0.25) is 0 Å². The van der Waals surface area contributed by atoms with Crippen LogP contribution < -0.4 is 10.1 Å². The third-order valence-corrected chi connectivity index (χ3v) is 2.62. The van der Waals surface area contributed by atoms with E-state index in [0.717, 1.165) is 22.6 Å². The van der Waals surface area contributed by atoms with Gasteiger partial charge in [0.05, 0.1) is 12.2 Å². The highest BCUT2D eigenvalue weighted by Crippen LogP contribution is 2.36. The van der Waals surface area contributed by atoms with Gasteiger partial charge in [-0.15, -0.1) is 0 Å². The maximum absolute atomic E-state index is 10.1. The van der Waals surface area contributed by atoms with E-state index < -0.39 is 5.60 Å². The van der Waals surface area contributed by atoms with E-state index in [2.05, 4.69) is 5.32 Å². The Bertz CT molecular complexity index is 367. The van der Waals surface area contributed by atoms with E-state index in [-0.39, 0.29) is 0 Å². The highest BCUT2D eigenvalue weighted by Gasteiger charge is 2.23. The molecule has 0 amide bonds. The molecule has 16 heavy (non-hydrogen) atoms. The van der Waals surface area contributed by atoms with Crippen LogP contribution in [0.3, 0.4) is 0 Å². The number of aliphatic hydroxyl groups is 1. The van der Waals surface area contributed by atoms with Crippen LogP contribution in [0.15, 0.2) is 12.1 Å². The molecule has 3 heteroatoms. The van der Waals surface area contributed by atoms with Crippen molar-refractivity contribution >= 4 is 5.69 Å². The fourth-order valence-corrected chi connectivity index (χ4v) is 1.77. The lowest BCUT2D eigenvalue weighted by atomic mass is 9.94. The van der Waals surface area contributed by atoms with Gasteiger partial charge in [0.15, 0.2) is 0 Å². The van der Waals surface area contributed by atoms with E-state index in [4.69, 9.17) is 4.74 Å². The minimum atomic E-state index is -0.887. The first-order valence-electron chi connectivity index (χ1n) is 5.58. The Morgan fingerprint density at radius 2 is 2.00 bits per heavy atom. The molecule has 0 aromatic heterocycles. The topological polar surface area (TPSA) is 41.5 Å². The van der Waals surface area contributed by atoms with Crippen LogP contribution in [0, 0.1) is 6.92 Å². The Kier molecular flexibility index (Phi) is 3.81. The number of rotatable bonds is 4. The van der Waals surface area contributed by atoms with Gasteiger partial charge in [-0.2, -0.15) is 0 Å². The first-order valence-corrected chi connectivity index (χ1v) is 5.58. The van der Waals surface area contributed by atoms with Crippen molar-refractivity contribution in [3.63, 3.8) is 0 Å². The van der Waals surface area contributed by atoms with E-state index >= 15 is 0 Å². The average molecular weight is 223 g/mol. The fraction of sp³-hybridized carbons (Fsp3) is 0.538. The zero-order chi connectivity index (χ0) is 12.3. The lowest BCUT2D eigenvalue weighted by Gasteiger charge is -2.24. The summed E-state index contributed by atoms with van der Waals surface area (Å²) in [6.07, 6.45) is 0. The zero-order valence-electron chi connectivity index (χ0n) is 10.7. The molecule has 0 heterocycles. The van der Waals surface area contributed by atoms with Crippen molar-refractivity contribution in [3.8, 4) is 5.75 Å². The lowest BCUT2D eigenvalue weighted by Crippen LogP contribution is -2.18. The van der Waals surface area contributed by atoms with Crippen molar-refractivity contribution in [2.24, 2.45) is 0 Å². The minimum Gasteiger partial charge on any atom is -0.493 e. The number of anilines is 1. The van der Waals surface area contributed by atoms with Gasteiger partial charge >= 0.3 is 0 Å². The van der Waals surface area contributed by atoms with Crippen LogP contribution >= 0.6 is 0 Å². The van der Waals surface area contributed by atoms with Crippen LogP contribution in [0.25, 0.3) is 0 Å². The summed E-state index contributed by atoms with van der Waals surface area (Å²) in [5.74, 6) is 0.779. The highest BCUT2D eigenvalue weighted by atomic mass is 16.5. The predicted molar refractivity (Wildman–Crippen MR) is 67.1 cm³/mol. The first kappa shape index (κ1) is 12.8. The third-order valence-electron chi connectivity index (χ3n) is 2.62. The Hall–Kier alpha value is -1.22. The van der Waals surface area contributed by atoms with E-state index in [1.54, 1.807) is 13.8 Å². The highest BCUT2D eigenvalue weighted by molar-refractivity contribution is 5.60. The summed E-state index contributed by atoms with van der Waals surface area (Å²) in [6, 6.07) is 3.87. The van der Waals surface area contributed by atoms with Crippen molar-refractivity contribution in [3.05, 3.63) is 23.3 Å². The Labute approximate surface area is 97.4 Å². The molecule has 0 radical (unpaired) electrons. The van der Waals surface area contributed by atoms with Crippen LogP contribution in [-0.2, 0) is 5.60 Å². The first-order chi connectivity index (χ1) is 7.41. The molecule has 0 saturated heterocycles. The van der Waals surface area contributed by atoms with E-state index in [1.807, 2.05) is 33.0 Å². The molecule has 1 aromatic rings. The van der Waals surface area contributed by atoms with Crippen molar-refractivity contribution in [1.29, 1.82) is 0 Å². The monoisotopic (exact) mass is 223 g/mol. The van der Waals surface area contributed by atoms with Gasteiger partial charge in [0.25, 0.3) is 0 Å². The number of hydrogen-bond donors (Lipinski definition) is 2. The predicted octanol–water partition coefficient (Wildman–Crippen LogP) is 2.66. The summed E-state index contributed by atoms with van der Waals surface area (Å²) in [5, 5.41) is 13.2. The Morgan fingerprint density at radius 3 is 2.44 bits per heavy atom. The number of hydrogen-bond acceptors (Lipinski definition) is 3. The molecule has 0 atom stereocenters. The molecule has 0 unspecified atom stereocenters. The normalized spacial score (nSPS) is 11.4. The van der Waals surface area contributed by atoms with Gasteiger partial charge in [-0.05, 0) is 33.8 Å². The van der Waals surface area contributed by atoms with Gasteiger partial charge in [-0.25, -0.2) is 0 Å². The fourth-order valence-electron chi connectivity index (χ4n) is 1.77. The van der Waals surface area contributed by atoms with E-state index in [0.29, 0.717) is 6.61 Å². The maximum Gasteiger partial charge on any atom is 0.130 e. The Morgan fingerprint density at radius 1 is 1.38 bits per heavy atom. The van der Waals surface area contributed by atoms with Crippen molar-refractivity contribution in [1.82, 2.24) is 0 Å². The molecule has 0 bridgehead atoms. The molecule has 0 saturated carbocycles. The summed E-state index contributed by atoms with van der Waals surface area (Å²) >= 11 is 0. The molecule has 0 spiro atoms. The lowest BCUT2D eigenvalue weighted by molar-refractivity contribution is 0.0748. The summed E-state index contributed by atoms with van der Waals surface area (Å²) in [6.45, 7) is 8.06. The summed E-state index contributed by atoms with van der Waals surface area (Å²) in [7, 11) is 1.88. The van der Waals surface area contributed by atoms with Crippen molar-refractivity contribution in [2.75, 3.05) is 19.0 Å². The van der Waals surface area contributed by atoms with Crippen LogP contribution in [0.1, 0.15) is 31.9 Å². The quantitative estimate of drug-likeness (QED) is 0.824. The molecular weight excluding hydrogens is 202 g/mol. The van der Waals surface area contributed by atoms with Gasteiger partial charge in [-0.3, -0.25) is 0 Å². The molecule has 0 aliphatic rings. The number of ether oxygens (including phenoxy) is 1. The minimum absolute atomic E-state index is 0.594. The maximum atomic E-state index is 10.1. The van der Waals surface area contributed by atoms with Crippen LogP contribution in [0.2, 0.25) is 0 Å². The summed E-state index contributed by atoms with van der Waals surface area (Å²) in [4.78, 5) is 0. The van der Waals surface area contributed by atoms with Crippen LogP contribution in [0.5, 0.6) is 5.75 Å². The van der Waals surface area contributed by atoms with Crippen molar-refractivity contribution < 1.29 is 9.84 Å². The SMILES string of the molecule is CCOc1c(C(C)(C)O)ccc(NC)c1C. The second-order valence-corrected chi connectivity index (χ2v) is 4.36. The van der Waals surface area contributed by atoms with Crippen LogP contribution in [-0.4, -0.2) is 18.8 Å². The molecule has 3 nitrogen and oxygen atoms in total. The third kappa shape index (κ3) is 2.47. The number of benzene rings is 1. The summed E-state index contributed by atoms with van der Waals surface area (Å²) < 4.78 is 5.64. The second-order valence-electron chi connectivity index (χ2n) is 4.36. The summed E-state index contributed by atoms with van der Waals surface area (Å²) in [5.41, 5.74) is 1.99. The Balaban J connectivity index is 3.34. The molecule has 2 N–H and O–H groups in total. The average Bonchev–Trinajstić information content (AvgIpc) is 2.19. The van der Waals surface area contributed by atoms with E-state index in [1.165, 1.54) is 0 Å². The van der Waals surface area contributed by atoms with Crippen molar-refractivity contribution in [2.45, 2.75) is 33.3 Å². The van der Waals surface area contributed by atoms with Crippen LogP contribution in [0.4, 0.5) is 5.69 Å². The molecule has 90 valence electrons. The molecule has 0 aliphatic heterocycles.